The third kappa shape index (κ3) is 3.20. The number of anilines is 1. The summed E-state index contributed by atoms with van der Waals surface area (Å²) < 4.78 is 22.8. The van der Waals surface area contributed by atoms with Crippen molar-refractivity contribution in [1.82, 2.24) is 9.97 Å². The van der Waals surface area contributed by atoms with E-state index in [2.05, 4.69) is 15.3 Å². The van der Waals surface area contributed by atoms with Gasteiger partial charge < -0.3 is 5.32 Å². The maximum atomic E-state index is 11.4. The number of benzene rings is 1. The molecule has 0 saturated carbocycles. The van der Waals surface area contributed by atoms with Crippen LogP contribution >= 0.6 is 11.3 Å². The van der Waals surface area contributed by atoms with Crippen LogP contribution in [0.3, 0.4) is 0 Å². The van der Waals surface area contributed by atoms with Crippen molar-refractivity contribution in [2.45, 2.75) is 43.5 Å². The zero-order valence-electron chi connectivity index (χ0n) is 14.4. The second kappa shape index (κ2) is 6.61. The van der Waals surface area contributed by atoms with Crippen LogP contribution in [0.4, 0.5) is 5.82 Å². The highest BCUT2D eigenvalue weighted by Crippen LogP contribution is 2.38. The Kier molecular flexibility index (Phi) is 4.42. The monoisotopic (exact) mass is 388 g/mol. The molecule has 0 radical (unpaired) electrons. The van der Waals surface area contributed by atoms with Gasteiger partial charge in [0.05, 0.1) is 10.3 Å². The zero-order valence-corrected chi connectivity index (χ0v) is 16.0. The molecule has 4 rings (SSSR count). The molecule has 0 spiro atoms. The first-order chi connectivity index (χ1) is 12.4. The van der Waals surface area contributed by atoms with Gasteiger partial charge in [0.2, 0.25) is 10.0 Å². The lowest BCUT2D eigenvalue weighted by atomic mass is 9.97. The summed E-state index contributed by atoms with van der Waals surface area (Å²) in [5.74, 6) is 0.845. The fourth-order valence-corrected chi connectivity index (χ4v) is 5.18. The summed E-state index contributed by atoms with van der Waals surface area (Å²) in [5.41, 5.74) is 2.35. The normalized spacial score (nSPS) is 15.6. The van der Waals surface area contributed by atoms with Crippen LogP contribution in [0, 0.1) is 0 Å². The predicted molar refractivity (Wildman–Crippen MR) is 104 cm³/mol. The van der Waals surface area contributed by atoms with Crippen molar-refractivity contribution in [3.05, 3.63) is 46.6 Å². The Bertz CT molecular complexity index is 1060. The van der Waals surface area contributed by atoms with E-state index >= 15 is 0 Å². The van der Waals surface area contributed by atoms with E-state index in [0.717, 1.165) is 34.4 Å². The van der Waals surface area contributed by atoms with Crippen LogP contribution in [0.15, 0.2) is 35.5 Å². The summed E-state index contributed by atoms with van der Waals surface area (Å²) in [7, 11) is -3.68. The summed E-state index contributed by atoms with van der Waals surface area (Å²) in [6, 6.07) is 6.59. The molecule has 0 fully saturated rings. The number of rotatable bonds is 4. The Morgan fingerprint density at radius 2 is 1.88 bits per heavy atom. The van der Waals surface area contributed by atoms with Crippen molar-refractivity contribution < 1.29 is 8.42 Å². The number of aromatic nitrogens is 2. The number of hydrogen-bond acceptors (Lipinski definition) is 6. The van der Waals surface area contributed by atoms with E-state index < -0.39 is 10.0 Å². The lowest BCUT2D eigenvalue weighted by Crippen LogP contribution is -2.13. The van der Waals surface area contributed by atoms with Crippen molar-refractivity contribution in [3.8, 4) is 0 Å². The minimum Gasteiger partial charge on any atom is -0.363 e. The first-order valence-corrected chi connectivity index (χ1v) is 10.9. The summed E-state index contributed by atoms with van der Waals surface area (Å²) in [4.78, 5) is 11.5. The highest BCUT2D eigenvalue weighted by molar-refractivity contribution is 7.89. The highest BCUT2D eigenvalue weighted by atomic mass is 32.2. The molecule has 0 aliphatic heterocycles. The predicted octanol–water partition coefficient (Wildman–Crippen LogP) is 3.39. The number of nitrogens with two attached hydrogens (primary N) is 1. The number of aryl methyl sites for hydroxylation is 2. The molecular formula is C18H20N4O2S2. The molecule has 3 N–H and O–H groups in total. The second-order valence-electron chi connectivity index (χ2n) is 6.59. The molecule has 2 heterocycles. The largest absolute Gasteiger partial charge is 0.363 e. The molecule has 136 valence electrons. The SMILES string of the molecule is CC(Nc1ncnc2sc3c(c12)CCCC3)c1ccc(S(N)(=O)=O)cc1. The van der Waals surface area contributed by atoms with Crippen LogP contribution in [0.25, 0.3) is 10.2 Å². The summed E-state index contributed by atoms with van der Waals surface area (Å²) in [6.45, 7) is 2.03. The van der Waals surface area contributed by atoms with Crippen LogP contribution < -0.4 is 10.5 Å². The van der Waals surface area contributed by atoms with Gasteiger partial charge in [-0.2, -0.15) is 0 Å². The average molecular weight is 389 g/mol. The van der Waals surface area contributed by atoms with Crippen LogP contribution in [-0.4, -0.2) is 18.4 Å². The topological polar surface area (TPSA) is 98.0 Å². The van der Waals surface area contributed by atoms with Gasteiger partial charge in [-0.05, 0) is 55.9 Å². The van der Waals surface area contributed by atoms with Crippen LogP contribution in [-0.2, 0) is 22.9 Å². The van der Waals surface area contributed by atoms with Gasteiger partial charge in [0.1, 0.15) is 17.0 Å². The number of sulfonamides is 1. The van der Waals surface area contributed by atoms with Crippen LogP contribution in [0.1, 0.15) is 41.8 Å². The van der Waals surface area contributed by atoms with Gasteiger partial charge in [0.25, 0.3) is 0 Å². The van der Waals surface area contributed by atoms with Crippen molar-refractivity contribution in [1.29, 1.82) is 0 Å². The Hall–Kier alpha value is -2.03. The van der Waals surface area contributed by atoms with Gasteiger partial charge >= 0.3 is 0 Å². The number of thiophene rings is 1. The van der Waals surface area contributed by atoms with Gasteiger partial charge in [-0.3, -0.25) is 0 Å². The highest BCUT2D eigenvalue weighted by Gasteiger charge is 2.20. The van der Waals surface area contributed by atoms with Crippen LogP contribution in [0.2, 0.25) is 0 Å². The van der Waals surface area contributed by atoms with E-state index in [1.807, 2.05) is 6.92 Å². The summed E-state index contributed by atoms with van der Waals surface area (Å²) in [6.07, 6.45) is 6.25. The average Bonchev–Trinajstić information content (AvgIpc) is 3.00. The van der Waals surface area contributed by atoms with Gasteiger partial charge in [0, 0.05) is 10.9 Å². The number of hydrogen-bond donors (Lipinski definition) is 2. The summed E-state index contributed by atoms with van der Waals surface area (Å²) >= 11 is 1.77. The molecule has 3 aromatic rings. The van der Waals surface area contributed by atoms with Crippen molar-refractivity contribution >= 4 is 37.4 Å². The van der Waals surface area contributed by atoms with Crippen LogP contribution in [0.5, 0.6) is 0 Å². The van der Waals surface area contributed by atoms with Gasteiger partial charge in [0.15, 0.2) is 0 Å². The molecule has 1 unspecified atom stereocenters. The van der Waals surface area contributed by atoms with E-state index in [4.69, 9.17) is 5.14 Å². The minimum absolute atomic E-state index is 0.0261. The number of fused-ring (bicyclic) bond motifs is 3. The fourth-order valence-electron chi connectivity index (χ4n) is 3.43. The number of nitrogens with one attached hydrogen (secondary N) is 1. The number of primary sulfonamides is 1. The van der Waals surface area contributed by atoms with Gasteiger partial charge in [-0.25, -0.2) is 23.5 Å². The second-order valence-corrected chi connectivity index (χ2v) is 9.24. The standard InChI is InChI=1S/C18H20N4O2S2/c1-11(12-6-8-13(9-7-12)26(19,23)24)22-17-16-14-4-2-3-5-15(14)25-18(16)21-10-20-17/h6-11H,2-5H2,1H3,(H2,19,23,24)(H,20,21,22). The fraction of sp³-hybridized carbons (Fsp3) is 0.333. The number of nitrogens with zero attached hydrogens (tertiary/aromatic N) is 2. The smallest absolute Gasteiger partial charge is 0.238 e. The quantitative estimate of drug-likeness (QED) is 0.714. The third-order valence-corrected chi connectivity index (χ3v) is 6.94. The van der Waals surface area contributed by atoms with E-state index in [-0.39, 0.29) is 10.9 Å². The molecule has 1 aliphatic carbocycles. The first-order valence-electron chi connectivity index (χ1n) is 8.58. The molecule has 26 heavy (non-hydrogen) atoms. The van der Waals surface area contributed by atoms with Crippen molar-refractivity contribution in [3.63, 3.8) is 0 Å². The zero-order chi connectivity index (χ0) is 18.3. The van der Waals surface area contributed by atoms with Gasteiger partial charge in [-0.1, -0.05) is 12.1 Å². The van der Waals surface area contributed by atoms with Gasteiger partial charge in [-0.15, -0.1) is 11.3 Å². The van der Waals surface area contributed by atoms with E-state index in [1.54, 1.807) is 29.8 Å². The molecule has 6 nitrogen and oxygen atoms in total. The van der Waals surface area contributed by atoms with Crippen molar-refractivity contribution in [2.75, 3.05) is 5.32 Å². The molecule has 1 aromatic carbocycles. The molecule has 1 atom stereocenters. The lowest BCUT2D eigenvalue weighted by Gasteiger charge is -2.17. The Labute approximate surface area is 156 Å². The Morgan fingerprint density at radius 1 is 1.15 bits per heavy atom. The molecule has 2 aromatic heterocycles. The van der Waals surface area contributed by atoms with E-state index in [0.29, 0.717) is 0 Å². The Balaban J connectivity index is 1.66. The maximum absolute atomic E-state index is 11.4. The molecule has 8 heteroatoms. The molecule has 0 bridgehead atoms. The molecule has 0 amide bonds. The first kappa shape index (κ1) is 17.4. The molecule has 1 aliphatic rings. The molecule has 0 saturated heterocycles. The minimum atomic E-state index is -3.68. The third-order valence-electron chi connectivity index (χ3n) is 4.81. The summed E-state index contributed by atoms with van der Waals surface area (Å²) in [5, 5.41) is 9.77. The van der Waals surface area contributed by atoms with Crippen molar-refractivity contribution in [2.24, 2.45) is 5.14 Å². The Morgan fingerprint density at radius 3 is 2.62 bits per heavy atom. The molecular weight excluding hydrogens is 368 g/mol. The van der Waals surface area contributed by atoms with E-state index in [9.17, 15) is 8.42 Å². The van der Waals surface area contributed by atoms with E-state index in [1.165, 1.54) is 35.4 Å². The maximum Gasteiger partial charge on any atom is 0.238 e. The lowest BCUT2D eigenvalue weighted by molar-refractivity contribution is 0.597.